The van der Waals surface area contributed by atoms with Gasteiger partial charge >= 0.3 is 0 Å². The molecule has 0 aromatic heterocycles. The van der Waals surface area contributed by atoms with Crippen LogP contribution in [0.5, 0.6) is 11.5 Å². The van der Waals surface area contributed by atoms with Gasteiger partial charge in [-0.3, -0.25) is 9.59 Å². The van der Waals surface area contributed by atoms with Gasteiger partial charge in [0.2, 0.25) is 9.84 Å². The zero-order valence-corrected chi connectivity index (χ0v) is 23.6. The van der Waals surface area contributed by atoms with E-state index < -0.39 is 9.84 Å². The Hall–Kier alpha value is -3.15. The summed E-state index contributed by atoms with van der Waals surface area (Å²) in [6, 6.07) is 11.9. The highest BCUT2D eigenvalue weighted by Crippen LogP contribution is 2.25. The first-order chi connectivity index (χ1) is 18.5. The predicted molar refractivity (Wildman–Crippen MR) is 143 cm³/mol. The fourth-order valence-electron chi connectivity index (χ4n) is 4.80. The topological polar surface area (TPSA) is 112 Å². The molecule has 0 bridgehead atoms. The van der Waals surface area contributed by atoms with Crippen molar-refractivity contribution in [3.05, 3.63) is 48.5 Å². The van der Waals surface area contributed by atoms with E-state index in [-0.39, 0.29) is 59.2 Å². The number of carbonyl (C=O) groups is 2. The van der Waals surface area contributed by atoms with Crippen molar-refractivity contribution in [3.8, 4) is 11.5 Å². The Labute approximate surface area is 229 Å². The van der Waals surface area contributed by atoms with Gasteiger partial charge in [-0.25, -0.2) is 8.42 Å². The number of amides is 2. The summed E-state index contributed by atoms with van der Waals surface area (Å²) >= 11 is 0. The summed E-state index contributed by atoms with van der Waals surface area (Å²) in [5, 5.41) is 0. The van der Waals surface area contributed by atoms with E-state index in [1.165, 1.54) is 48.5 Å². The molecule has 212 valence electrons. The van der Waals surface area contributed by atoms with Gasteiger partial charge in [-0.05, 0) is 76.2 Å². The van der Waals surface area contributed by atoms with Crippen molar-refractivity contribution in [3.63, 3.8) is 0 Å². The highest BCUT2D eigenvalue weighted by Gasteiger charge is 2.27. The quantitative estimate of drug-likeness (QED) is 0.484. The Morgan fingerprint density at radius 2 is 0.974 bits per heavy atom. The maximum absolute atomic E-state index is 13.1. The number of carbonyl (C=O) groups excluding carboxylic acids is 2. The van der Waals surface area contributed by atoms with Crippen molar-refractivity contribution in [2.75, 3.05) is 39.4 Å². The molecule has 0 saturated carbocycles. The molecule has 39 heavy (non-hydrogen) atoms. The van der Waals surface area contributed by atoms with Gasteiger partial charge in [0.05, 0.1) is 34.2 Å². The number of ether oxygens (including phenoxy) is 4. The largest absolute Gasteiger partial charge is 0.484 e. The standard InChI is InChI=1S/C28H36N2O8S/c1-19-13-29(14-20(2)37-19)27(31)17-35-23-5-9-25(10-6-23)39(33,34)26-11-7-24(8-12-26)36-18-28(32)30-15-21(3)38-22(4)16-30/h5-12,19-22H,13-18H2,1-4H3/t19-,20-,21-,22+/m1/s1. The maximum Gasteiger partial charge on any atom is 0.260 e. The van der Waals surface area contributed by atoms with Gasteiger partial charge in [-0.1, -0.05) is 0 Å². The first-order valence-electron chi connectivity index (χ1n) is 13.1. The minimum atomic E-state index is -3.78. The fourth-order valence-corrected chi connectivity index (χ4v) is 6.06. The van der Waals surface area contributed by atoms with Gasteiger partial charge in [0.25, 0.3) is 11.8 Å². The van der Waals surface area contributed by atoms with E-state index in [1.807, 2.05) is 27.7 Å². The molecule has 0 radical (unpaired) electrons. The van der Waals surface area contributed by atoms with Gasteiger partial charge in [-0.15, -0.1) is 0 Å². The van der Waals surface area contributed by atoms with Crippen LogP contribution in [0.25, 0.3) is 0 Å². The SMILES string of the molecule is C[C@@H]1CN(C(=O)COc2ccc(S(=O)(=O)c3ccc(OCC(=O)N4C[C@@H](C)O[C@@H](C)C4)cc3)cc2)C[C@@H](C)O1. The summed E-state index contributed by atoms with van der Waals surface area (Å²) in [6.45, 7) is 9.45. The van der Waals surface area contributed by atoms with E-state index in [1.54, 1.807) is 9.80 Å². The molecule has 0 spiro atoms. The summed E-state index contributed by atoms with van der Waals surface area (Å²) in [5.41, 5.74) is 0. The zero-order valence-electron chi connectivity index (χ0n) is 22.7. The van der Waals surface area contributed by atoms with Gasteiger partial charge in [-0.2, -0.15) is 0 Å². The highest BCUT2D eigenvalue weighted by atomic mass is 32.2. The van der Waals surface area contributed by atoms with E-state index in [4.69, 9.17) is 18.9 Å². The van der Waals surface area contributed by atoms with Gasteiger partial charge < -0.3 is 28.7 Å². The molecule has 2 heterocycles. The van der Waals surface area contributed by atoms with Crippen LogP contribution in [-0.4, -0.2) is 93.8 Å². The smallest absolute Gasteiger partial charge is 0.260 e. The molecule has 4 atom stereocenters. The van der Waals surface area contributed by atoms with Crippen LogP contribution in [0.4, 0.5) is 0 Å². The molecule has 0 N–H and O–H groups in total. The molecule has 2 aromatic carbocycles. The molecule has 10 nitrogen and oxygen atoms in total. The first-order valence-corrected chi connectivity index (χ1v) is 14.6. The average molecular weight is 561 g/mol. The molecule has 2 saturated heterocycles. The van der Waals surface area contributed by atoms with E-state index in [2.05, 4.69) is 0 Å². The molecule has 2 aliphatic heterocycles. The summed E-state index contributed by atoms with van der Waals surface area (Å²) in [4.78, 5) is 28.6. The molecule has 11 heteroatoms. The second-order valence-corrected chi connectivity index (χ2v) is 12.1. The lowest BCUT2D eigenvalue weighted by molar-refractivity contribution is -0.145. The summed E-state index contributed by atoms with van der Waals surface area (Å²) in [6.07, 6.45) is -0.136. The Morgan fingerprint density at radius 1 is 0.667 bits per heavy atom. The number of benzene rings is 2. The van der Waals surface area contributed by atoms with E-state index >= 15 is 0 Å². The number of morpholine rings is 2. The number of hydrogen-bond donors (Lipinski definition) is 0. The Morgan fingerprint density at radius 3 is 1.28 bits per heavy atom. The Bertz CT molecular complexity index is 1140. The molecular weight excluding hydrogens is 524 g/mol. The van der Waals surface area contributed by atoms with E-state index in [0.717, 1.165) is 0 Å². The summed E-state index contributed by atoms with van der Waals surface area (Å²) in [5.74, 6) is 0.502. The lowest BCUT2D eigenvalue weighted by Crippen LogP contribution is -2.49. The monoisotopic (exact) mass is 560 g/mol. The van der Waals surface area contributed by atoms with Gasteiger partial charge in [0, 0.05) is 26.2 Å². The second kappa shape index (κ2) is 12.4. The van der Waals surface area contributed by atoms with Crippen LogP contribution in [0.1, 0.15) is 27.7 Å². The van der Waals surface area contributed by atoms with E-state index in [9.17, 15) is 18.0 Å². The fraction of sp³-hybridized carbons (Fsp3) is 0.500. The molecular formula is C28H36N2O8S. The second-order valence-electron chi connectivity index (χ2n) is 10.1. The van der Waals surface area contributed by atoms with Gasteiger partial charge in [0.1, 0.15) is 11.5 Å². The highest BCUT2D eigenvalue weighted by molar-refractivity contribution is 7.91. The number of hydrogen-bond acceptors (Lipinski definition) is 8. The molecule has 0 aliphatic carbocycles. The summed E-state index contributed by atoms with van der Waals surface area (Å²) < 4.78 is 48.7. The van der Waals surface area contributed by atoms with Crippen molar-refractivity contribution >= 4 is 21.7 Å². The van der Waals surface area contributed by atoms with Crippen molar-refractivity contribution in [1.82, 2.24) is 9.80 Å². The average Bonchev–Trinajstić information content (AvgIpc) is 2.89. The molecule has 2 fully saturated rings. The van der Waals surface area contributed by atoms with Crippen molar-refractivity contribution in [2.24, 2.45) is 0 Å². The van der Waals surface area contributed by atoms with Crippen LogP contribution >= 0.6 is 0 Å². The molecule has 2 aliphatic rings. The molecule has 2 amide bonds. The Balaban J connectivity index is 1.30. The van der Waals surface area contributed by atoms with E-state index in [0.29, 0.717) is 37.7 Å². The van der Waals surface area contributed by atoms with Crippen molar-refractivity contribution < 1.29 is 37.0 Å². The van der Waals surface area contributed by atoms with Crippen LogP contribution in [0.2, 0.25) is 0 Å². The third-order valence-corrected chi connectivity index (χ3v) is 8.32. The molecule has 2 aromatic rings. The van der Waals surface area contributed by atoms with Gasteiger partial charge in [0.15, 0.2) is 13.2 Å². The normalized spacial score (nSPS) is 23.8. The van der Waals surface area contributed by atoms with Crippen LogP contribution in [-0.2, 0) is 28.9 Å². The van der Waals surface area contributed by atoms with Crippen LogP contribution < -0.4 is 9.47 Å². The maximum atomic E-state index is 13.1. The lowest BCUT2D eigenvalue weighted by Gasteiger charge is -2.35. The van der Waals surface area contributed by atoms with Crippen LogP contribution in [0.15, 0.2) is 58.3 Å². The Kier molecular flexibility index (Phi) is 9.14. The number of sulfone groups is 1. The van der Waals surface area contributed by atoms with Crippen LogP contribution in [0.3, 0.4) is 0 Å². The summed E-state index contributed by atoms with van der Waals surface area (Å²) in [7, 11) is -3.78. The van der Waals surface area contributed by atoms with Crippen molar-refractivity contribution in [1.29, 1.82) is 0 Å². The third kappa shape index (κ3) is 7.49. The molecule has 4 rings (SSSR count). The first kappa shape index (κ1) is 28.8. The minimum absolute atomic E-state index is 0.0340. The molecule has 0 unspecified atom stereocenters. The predicted octanol–water partition coefficient (Wildman–Crippen LogP) is 2.55. The zero-order chi connectivity index (χ0) is 28.2. The van der Waals surface area contributed by atoms with Crippen LogP contribution in [0, 0.1) is 0 Å². The third-order valence-electron chi connectivity index (χ3n) is 6.54. The minimum Gasteiger partial charge on any atom is -0.484 e. The number of rotatable bonds is 8. The van der Waals surface area contributed by atoms with Crippen molar-refractivity contribution in [2.45, 2.75) is 61.9 Å². The number of nitrogens with zero attached hydrogens (tertiary/aromatic N) is 2. The lowest BCUT2D eigenvalue weighted by atomic mass is 10.2.